The number of carbonyl (C=O) groups is 2. The number of hydrogen-bond acceptors (Lipinski definition) is 3. The van der Waals surface area contributed by atoms with Crippen molar-refractivity contribution in [2.24, 2.45) is 11.7 Å². The Morgan fingerprint density at radius 1 is 0.897 bits per heavy atom. The molecule has 1 aliphatic carbocycles. The molecule has 1 heterocycles. The highest BCUT2D eigenvalue weighted by molar-refractivity contribution is 5.94. The zero-order valence-electron chi connectivity index (χ0n) is 16.8. The summed E-state index contributed by atoms with van der Waals surface area (Å²) in [6, 6.07) is 18.1. The van der Waals surface area contributed by atoms with Gasteiger partial charge in [0.2, 0.25) is 5.91 Å². The molecule has 5 heteroatoms. The van der Waals surface area contributed by atoms with Crippen LogP contribution in [0.25, 0.3) is 0 Å². The van der Waals surface area contributed by atoms with E-state index in [-0.39, 0.29) is 17.7 Å². The van der Waals surface area contributed by atoms with E-state index < -0.39 is 0 Å². The second-order valence-corrected chi connectivity index (χ2v) is 8.15. The van der Waals surface area contributed by atoms with Crippen LogP contribution in [0.5, 0.6) is 0 Å². The molecule has 0 radical (unpaired) electrons. The van der Waals surface area contributed by atoms with Gasteiger partial charge in [0.1, 0.15) is 0 Å². The number of benzene rings is 2. The first-order valence-electron chi connectivity index (χ1n) is 10.6. The minimum Gasteiger partial charge on any atom is -0.339 e. The second kappa shape index (κ2) is 8.78. The fraction of sp³-hybridized carbons (Fsp3) is 0.417. The molecule has 0 bridgehead atoms. The third-order valence-corrected chi connectivity index (χ3v) is 6.03. The van der Waals surface area contributed by atoms with Crippen LogP contribution in [-0.4, -0.2) is 40.7 Å². The standard InChI is InChI=1S/C24H29N3O2/c25-16-18-6-8-20(9-7-18)23(28)26-14-12-21(13-15-26)24(29)27(22-10-11-22)17-19-4-2-1-3-5-19/h1-9,21-22H,10-17,25H2. The van der Waals surface area contributed by atoms with E-state index in [0.717, 1.165) is 31.2 Å². The Labute approximate surface area is 172 Å². The number of rotatable bonds is 6. The van der Waals surface area contributed by atoms with E-state index >= 15 is 0 Å². The Morgan fingerprint density at radius 3 is 2.14 bits per heavy atom. The molecule has 1 aliphatic heterocycles. The van der Waals surface area contributed by atoms with E-state index in [2.05, 4.69) is 17.0 Å². The fourth-order valence-electron chi connectivity index (χ4n) is 4.08. The third kappa shape index (κ3) is 4.67. The van der Waals surface area contributed by atoms with E-state index in [0.29, 0.717) is 37.8 Å². The fourth-order valence-corrected chi connectivity index (χ4v) is 4.08. The van der Waals surface area contributed by atoms with Crippen LogP contribution in [0.1, 0.15) is 47.2 Å². The zero-order chi connectivity index (χ0) is 20.2. The van der Waals surface area contributed by atoms with Crippen LogP contribution in [0.2, 0.25) is 0 Å². The molecule has 1 saturated heterocycles. The van der Waals surface area contributed by atoms with Crippen molar-refractivity contribution in [2.75, 3.05) is 13.1 Å². The maximum Gasteiger partial charge on any atom is 0.253 e. The topological polar surface area (TPSA) is 66.6 Å². The molecular formula is C24H29N3O2. The van der Waals surface area contributed by atoms with Gasteiger partial charge in [-0.05, 0) is 48.9 Å². The molecule has 0 atom stereocenters. The molecule has 2 aliphatic rings. The van der Waals surface area contributed by atoms with Crippen molar-refractivity contribution in [3.8, 4) is 0 Å². The lowest BCUT2D eigenvalue weighted by Gasteiger charge is -2.34. The number of amides is 2. The average Bonchev–Trinajstić information content (AvgIpc) is 3.63. The van der Waals surface area contributed by atoms with E-state index in [1.54, 1.807) is 0 Å². The number of likely N-dealkylation sites (tertiary alicyclic amines) is 1. The molecule has 5 nitrogen and oxygen atoms in total. The molecule has 0 aromatic heterocycles. The molecule has 2 fully saturated rings. The van der Waals surface area contributed by atoms with Crippen LogP contribution >= 0.6 is 0 Å². The number of hydrogen-bond donors (Lipinski definition) is 1. The Hall–Kier alpha value is -2.66. The Balaban J connectivity index is 1.35. The van der Waals surface area contributed by atoms with E-state index in [4.69, 9.17) is 5.73 Å². The number of nitrogens with zero attached hydrogens (tertiary/aromatic N) is 2. The summed E-state index contributed by atoms with van der Waals surface area (Å²) < 4.78 is 0. The van der Waals surface area contributed by atoms with Crippen LogP contribution in [0.3, 0.4) is 0 Å². The monoisotopic (exact) mass is 391 g/mol. The maximum atomic E-state index is 13.2. The van der Waals surface area contributed by atoms with Crippen molar-refractivity contribution in [1.82, 2.24) is 9.80 Å². The molecule has 2 aromatic carbocycles. The maximum absolute atomic E-state index is 13.2. The highest BCUT2D eigenvalue weighted by atomic mass is 16.2. The molecule has 2 amide bonds. The Kier molecular flexibility index (Phi) is 5.95. The highest BCUT2D eigenvalue weighted by Gasteiger charge is 2.37. The van der Waals surface area contributed by atoms with Crippen LogP contribution < -0.4 is 5.73 Å². The van der Waals surface area contributed by atoms with Gasteiger partial charge < -0.3 is 15.5 Å². The van der Waals surface area contributed by atoms with E-state index in [9.17, 15) is 9.59 Å². The Morgan fingerprint density at radius 2 is 1.55 bits per heavy atom. The SMILES string of the molecule is NCc1ccc(C(=O)N2CCC(C(=O)N(Cc3ccccc3)C3CC3)CC2)cc1. The Bertz CT molecular complexity index is 838. The van der Waals surface area contributed by atoms with Gasteiger partial charge >= 0.3 is 0 Å². The lowest BCUT2D eigenvalue weighted by Crippen LogP contribution is -2.44. The van der Waals surface area contributed by atoms with Crippen LogP contribution in [0, 0.1) is 5.92 Å². The molecule has 2 N–H and O–H groups in total. The molecule has 4 rings (SSSR count). The molecule has 0 spiro atoms. The van der Waals surface area contributed by atoms with Crippen LogP contribution in [0.4, 0.5) is 0 Å². The summed E-state index contributed by atoms with van der Waals surface area (Å²) >= 11 is 0. The van der Waals surface area contributed by atoms with Crippen molar-refractivity contribution in [1.29, 1.82) is 0 Å². The molecular weight excluding hydrogens is 362 g/mol. The lowest BCUT2D eigenvalue weighted by molar-refractivity contribution is -0.138. The quantitative estimate of drug-likeness (QED) is 0.822. The summed E-state index contributed by atoms with van der Waals surface area (Å²) in [5.74, 6) is 0.321. The van der Waals surface area contributed by atoms with Gasteiger partial charge in [0.15, 0.2) is 0 Å². The number of carbonyl (C=O) groups excluding carboxylic acids is 2. The van der Waals surface area contributed by atoms with Gasteiger partial charge in [-0.3, -0.25) is 9.59 Å². The largest absolute Gasteiger partial charge is 0.339 e. The highest BCUT2D eigenvalue weighted by Crippen LogP contribution is 2.32. The average molecular weight is 392 g/mol. The summed E-state index contributed by atoms with van der Waals surface area (Å²) in [5.41, 5.74) is 8.52. The van der Waals surface area contributed by atoms with E-state index in [1.807, 2.05) is 47.4 Å². The van der Waals surface area contributed by atoms with Crippen molar-refractivity contribution in [3.05, 3.63) is 71.3 Å². The first-order chi connectivity index (χ1) is 14.2. The zero-order valence-corrected chi connectivity index (χ0v) is 16.8. The molecule has 1 saturated carbocycles. The summed E-state index contributed by atoms with van der Waals surface area (Å²) in [6.07, 6.45) is 3.69. The first-order valence-corrected chi connectivity index (χ1v) is 10.6. The van der Waals surface area contributed by atoms with Gasteiger partial charge in [-0.1, -0.05) is 42.5 Å². The normalized spacial score (nSPS) is 17.2. The van der Waals surface area contributed by atoms with Crippen molar-refractivity contribution >= 4 is 11.8 Å². The molecule has 152 valence electrons. The number of piperidine rings is 1. The molecule has 29 heavy (non-hydrogen) atoms. The molecule has 2 aromatic rings. The predicted molar refractivity (Wildman–Crippen MR) is 113 cm³/mol. The van der Waals surface area contributed by atoms with Gasteiger partial charge in [0.05, 0.1) is 0 Å². The summed E-state index contributed by atoms with van der Waals surface area (Å²) in [6.45, 7) is 2.44. The van der Waals surface area contributed by atoms with Crippen LogP contribution in [0.15, 0.2) is 54.6 Å². The third-order valence-electron chi connectivity index (χ3n) is 6.03. The summed E-state index contributed by atoms with van der Waals surface area (Å²) in [5, 5.41) is 0. The van der Waals surface area contributed by atoms with Gasteiger partial charge in [-0.2, -0.15) is 0 Å². The van der Waals surface area contributed by atoms with E-state index in [1.165, 1.54) is 5.56 Å². The number of nitrogens with two attached hydrogens (primary N) is 1. The van der Waals surface area contributed by atoms with Gasteiger partial charge in [0.25, 0.3) is 5.91 Å². The van der Waals surface area contributed by atoms with Gasteiger partial charge in [-0.25, -0.2) is 0 Å². The minimum absolute atomic E-state index is 0.0166. The van der Waals surface area contributed by atoms with Crippen molar-refractivity contribution in [3.63, 3.8) is 0 Å². The first kappa shape index (κ1) is 19.6. The van der Waals surface area contributed by atoms with Gasteiger partial charge in [-0.15, -0.1) is 0 Å². The van der Waals surface area contributed by atoms with Gasteiger partial charge in [0, 0.05) is 43.7 Å². The molecule has 0 unspecified atom stereocenters. The summed E-state index contributed by atoms with van der Waals surface area (Å²) in [4.78, 5) is 29.9. The smallest absolute Gasteiger partial charge is 0.253 e. The van der Waals surface area contributed by atoms with Crippen molar-refractivity contribution < 1.29 is 9.59 Å². The van der Waals surface area contributed by atoms with Crippen LogP contribution in [-0.2, 0) is 17.9 Å². The predicted octanol–water partition coefficient (Wildman–Crippen LogP) is 3.19. The minimum atomic E-state index is 0.0166. The van der Waals surface area contributed by atoms with Crippen molar-refractivity contribution in [2.45, 2.75) is 44.8 Å². The lowest BCUT2D eigenvalue weighted by atomic mass is 9.94. The summed E-state index contributed by atoms with van der Waals surface area (Å²) in [7, 11) is 0. The second-order valence-electron chi connectivity index (χ2n) is 8.15.